The van der Waals surface area contributed by atoms with Gasteiger partial charge in [-0.25, -0.2) is 9.97 Å². The molecule has 2 nitrogen and oxygen atoms in total. The minimum Gasteiger partial charge on any atom is -0.227 e. The monoisotopic (exact) mass is 788 g/mol. The Bertz CT molecular complexity index is 3370. The fraction of sp³-hybridized carbons (Fsp3) is 0. The molecule has 0 amide bonds. The lowest BCUT2D eigenvalue weighted by atomic mass is 9.92. The van der Waals surface area contributed by atoms with Gasteiger partial charge in [-0.1, -0.05) is 224 Å². The summed E-state index contributed by atoms with van der Waals surface area (Å²) >= 11 is 0. The van der Waals surface area contributed by atoms with Crippen LogP contribution in [0.2, 0.25) is 0 Å². The zero-order chi connectivity index (χ0) is 41.2. The van der Waals surface area contributed by atoms with E-state index in [-0.39, 0.29) is 0 Å². The molecule has 0 saturated carbocycles. The molecule has 0 aliphatic heterocycles. The van der Waals surface area contributed by atoms with Crippen LogP contribution in [0.25, 0.3) is 111 Å². The van der Waals surface area contributed by atoms with Crippen LogP contribution in [0.4, 0.5) is 0 Å². The van der Waals surface area contributed by atoms with Crippen LogP contribution >= 0.6 is 0 Å². The average molecular weight is 789 g/mol. The molecule has 62 heavy (non-hydrogen) atoms. The van der Waals surface area contributed by atoms with Gasteiger partial charge in [0.25, 0.3) is 0 Å². The third-order valence-corrected chi connectivity index (χ3v) is 11.9. The van der Waals surface area contributed by atoms with E-state index in [0.717, 1.165) is 55.2 Å². The highest BCUT2D eigenvalue weighted by atomic mass is 14.9. The van der Waals surface area contributed by atoms with Crippen molar-refractivity contribution in [3.63, 3.8) is 0 Å². The number of hydrogen-bond acceptors (Lipinski definition) is 2. The third-order valence-electron chi connectivity index (χ3n) is 11.9. The minimum atomic E-state index is 0.704. The lowest BCUT2D eigenvalue weighted by molar-refractivity contribution is 1.23. The molecule has 1 heterocycles. The van der Waals surface area contributed by atoms with Crippen LogP contribution in [0.1, 0.15) is 0 Å². The van der Waals surface area contributed by atoms with Gasteiger partial charge in [0.2, 0.25) is 0 Å². The Morgan fingerprint density at radius 3 is 1.19 bits per heavy atom. The van der Waals surface area contributed by atoms with Crippen LogP contribution in [0, 0.1) is 0 Å². The molecular weight excluding hydrogens is 749 g/mol. The second-order valence-electron chi connectivity index (χ2n) is 15.7. The Balaban J connectivity index is 0.946. The second-order valence-corrected chi connectivity index (χ2v) is 15.7. The third kappa shape index (κ3) is 7.04. The Kier molecular flexibility index (Phi) is 9.57. The number of benzene rings is 10. The Morgan fingerprint density at radius 1 is 0.226 bits per heavy atom. The first-order valence-electron chi connectivity index (χ1n) is 21.1. The van der Waals surface area contributed by atoms with Crippen molar-refractivity contribution in [3.8, 4) is 89.4 Å². The zero-order valence-corrected chi connectivity index (χ0v) is 34.0. The summed E-state index contributed by atoms with van der Waals surface area (Å²) in [5.41, 5.74) is 18.2. The summed E-state index contributed by atoms with van der Waals surface area (Å²) < 4.78 is 0. The summed E-state index contributed by atoms with van der Waals surface area (Å²) in [5, 5.41) is 3.30. The van der Waals surface area contributed by atoms with Crippen LogP contribution in [0.5, 0.6) is 0 Å². The molecule has 2 heteroatoms. The first kappa shape index (κ1) is 36.8. The van der Waals surface area contributed by atoms with Gasteiger partial charge in [0.1, 0.15) is 0 Å². The highest BCUT2D eigenvalue weighted by Crippen LogP contribution is 2.38. The van der Waals surface area contributed by atoms with Crippen molar-refractivity contribution in [3.05, 3.63) is 243 Å². The lowest BCUT2D eigenvalue weighted by Crippen LogP contribution is -1.96. The van der Waals surface area contributed by atoms with E-state index in [0.29, 0.717) is 5.82 Å². The van der Waals surface area contributed by atoms with Crippen molar-refractivity contribution in [1.29, 1.82) is 0 Å². The molecule has 11 aromatic rings. The Morgan fingerprint density at radius 2 is 0.645 bits per heavy atom. The molecule has 0 aliphatic carbocycles. The maximum Gasteiger partial charge on any atom is 0.160 e. The van der Waals surface area contributed by atoms with Crippen molar-refractivity contribution in [2.24, 2.45) is 0 Å². The van der Waals surface area contributed by atoms with Crippen LogP contribution in [-0.4, -0.2) is 9.97 Å². The van der Waals surface area contributed by atoms with Crippen molar-refractivity contribution in [2.45, 2.75) is 0 Å². The van der Waals surface area contributed by atoms with E-state index < -0.39 is 0 Å². The second kappa shape index (κ2) is 16.1. The van der Waals surface area contributed by atoms with E-state index in [9.17, 15) is 0 Å². The van der Waals surface area contributed by atoms with Crippen molar-refractivity contribution >= 4 is 21.7 Å². The van der Waals surface area contributed by atoms with Gasteiger partial charge in [0, 0.05) is 21.9 Å². The largest absolute Gasteiger partial charge is 0.227 e. The molecule has 0 radical (unpaired) electrons. The number of aromatic nitrogens is 2. The predicted molar refractivity (Wildman–Crippen MR) is 261 cm³/mol. The first-order chi connectivity index (χ1) is 30.7. The molecule has 0 aliphatic rings. The highest BCUT2D eigenvalue weighted by Gasteiger charge is 2.16. The maximum absolute atomic E-state index is 5.33. The van der Waals surface area contributed by atoms with E-state index in [1.54, 1.807) is 0 Å². The molecule has 1 aromatic heterocycles. The molecule has 0 unspecified atom stereocenters. The molecule has 11 rings (SSSR count). The van der Waals surface area contributed by atoms with Gasteiger partial charge in [-0.15, -0.1) is 0 Å². The number of fused-ring (bicyclic) bond motifs is 3. The van der Waals surface area contributed by atoms with E-state index in [1.807, 2.05) is 0 Å². The van der Waals surface area contributed by atoms with Crippen molar-refractivity contribution < 1.29 is 0 Å². The average Bonchev–Trinajstić information content (AvgIpc) is 3.36. The molecule has 0 N–H and O–H groups in total. The van der Waals surface area contributed by atoms with Crippen LogP contribution in [0.3, 0.4) is 0 Å². The number of nitrogens with zero attached hydrogens (tertiary/aromatic N) is 2. The SMILES string of the molecule is c1ccc(-c2ccccc2-c2cccc(-c3ccc(-c4nc(-c5ccc(-c6cccc(-c7ccccc7-c7ccccc7)c6)cc5)c5ccc6ccccc6c5n4)cc3)c2)cc1. The Labute approximate surface area is 362 Å². The molecular formula is C60H40N2. The summed E-state index contributed by atoms with van der Waals surface area (Å²) in [4.78, 5) is 10.6. The quantitative estimate of drug-likeness (QED) is 0.143. The van der Waals surface area contributed by atoms with E-state index in [4.69, 9.17) is 9.97 Å². The van der Waals surface area contributed by atoms with Crippen molar-refractivity contribution in [1.82, 2.24) is 9.97 Å². The van der Waals surface area contributed by atoms with Crippen molar-refractivity contribution in [2.75, 3.05) is 0 Å². The zero-order valence-electron chi connectivity index (χ0n) is 34.0. The van der Waals surface area contributed by atoms with Gasteiger partial charge in [-0.3, -0.25) is 0 Å². The topological polar surface area (TPSA) is 25.8 Å². The minimum absolute atomic E-state index is 0.704. The first-order valence-corrected chi connectivity index (χ1v) is 21.1. The van der Waals surface area contributed by atoms with Gasteiger partial charge < -0.3 is 0 Å². The van der Waals surface area contributed by atoms with Gasteiger partial charge in [0.15, 0.2) is 5.82 Å². The molecule has 0 bridgehead atoms. The van der Waals surface area contributed by atoms with E-state index in [1.165, 1.54) is 50.1 Å². The molecule has 290 valence electrons. The predicted octanol–water partition coefficient (Wildman–Crippen LogP) is 16.1. The van der Waals surface area contributed by atoms with E-state index >= 15 is 0 Å². The molecule has 0 saturated heterocycles. The summed E-state index contributed by atoms with van der Waals surface area (Å²) in [6.07, 6.45) is 0. The molecule has 0 fully saturated rings. The smallest absolute Gasteiger partial charge is 0.160 e. The Hall–Kier alpha value is -8.20. The highest BCUT2D eigenvalue weighted by molar-refractivity contribution is 6.09. The molecule has 10 aromatic carbocycles. The number of hydrogen-bond donors (Lipinski definition) is 0. The maximum atomic E-state index is 5.33. The summed E-state index contributed by atoms with van der Waals surface area (Å²) in [6.45, 7) is 0. The molecule has 0 atom stereocenters. The van der Waals surface area contributed by atoms with Crippen LogP contribution in [0.15, 0.2) is 243 Å². The standard InChI is InChI=1S/C60H40N2/c1-3-15-43(16-4-1)52-24-9-11-26-54(52)50-22-13-20-48(39-50)41-29-33-46(34-30-41)58-57-38-37-45-19-7-8-28-56(45)59(57)62-60(61-58)47-35-31-42(32-36-47)49-21-14-23-51(40-49)55-27-12-10-25-53(55)44-17-5-2-6-18-44/h1-40H. The van der Waals surface area contributed by atoms with Crippen LogP contribution in [-0.2, 0) is 0 Å². The fourth-order valence-electron chi connectivity index (χ4n) is 8.79. The normalized spacial score (nSPS) is 11.2. The summed E-state index contributed by atoms with van der Waals surface area (Å²) in [6, 6.07) is 86.5. The molecule has 0 spiro atoms. The summed E-state index contributed by atoms with van der Waals surface area (Å²) in [5.74, 6) is 0.704. The van der Waals surface area contributed by atoms with Crippen LogP contribution < -0.4 is 0 Å². The van der Waals surface area contributed by atoms with Gasteiger partial charge in [-0.2, -0.15) is 0 Å². The fourth-order valence-corrected chi connectivity index (χ4v) is 8.79. The summed E-state index contributed by atoms with van der Waals surface area (Å²) in [7, 11) is 0. The van der Waals surface area contributed by atoms with E-state index in [2.05, 4.69) is 243 Å². The lowest BCUT2D eigenvalue weighted by Gasteiger charge is -2.14. The van der Waals surface area contributed by atoms with Gasteiger partial charge in [-0.05, 0) is 90.3 Å². The van der Waals surface area contributed by atoms with Gasteiger partial charge >= 0.3 is 0 Å². The van der Waals surface area contributed by atoms with Gasteiger partial charge in [0.05, 0.1) is 11.2 Å². The number of rotatable bonds is 8.